The maximum Gasteiger partial charge on any atom is 0.0440 e. The zero-order valence-corrected chi connectivity index (χ0v) is 8.77. The number of rotatable bonds is 3. The maximum atomic E-state index is 6.13. The average Bonchev–Trinajstić information content (AvgIpc) is 2.86. The van der Waals surface area contributed by atoms with Gasteiger partial charge in [-0.25, -0.2) is 0 Å². The summed E-state index contributed by atoms with van der Waals surface area (Å²) in [5.74, 6) is 0.998. The normalized spacial score (nSPS) is 16.2. The van der Waals surface area contributed by atoms with Crippen LogP contribution in [0.15, 0.2) is 18.2 Å². The maximum absolute atomic E-state index is 6.13. The van der Waals surface area contributed by atoms with Gasteiger partial charge in [-0.3, -0.25) is 0 Å². The highest BCUT2D eigenvalue weighted by atomic mass is 35.5. The van der Waals surface area contributed by atoms with Crippen LogP contribution in [0.4, 0.5) is 0 Å². The summed E-state index contributed by atoms with van der Waals surface area (Å²) >= 11 is 6.13. The van der Waals surface area contributed by atoms with Gasteiger partial charge < -0.3 is 0 Å². The molecule has 1 aliphatic rings. The van der Waals surface area contributed by atoms with Crippen molar-refractivity contribution in [3.05, 3.63) is 34.3 Å². The molecule has 1 saturated carbocycles. The van der Waals surface area contributed by atoms with Crippen LogP contribution in [0.2, 0.25) is 5.02 Å². The van der Waals surface area contributed by atoms with Crippen LogP contribution in [0.3, 0.4) is 0 Å². The van der Waals surface area contributed by atoms with Crippen LogP contribution in [0.5, 0.6) is 0 Å². The summed E-state index contributed by atoms with van der Waals surface area (Å²) < 4.78 is 0. The van der Waals surface area contributed by atoms with Crippen LogP contribution < -0.4 is 0 Å². The van der Waals surface area contributed by atoms with E-state index in [1.54, 1.807) is 0 Å². The molecule has 13 heavy (non-hydrogen) atoms. The molecule has 0 aliphatic heterocycles. The van der Waals surface area contributed by atoms with Crippen LogP contribution in [-0.4, -0.2) is 0 Å². The van der Waals surface area contributed by atoms with Crippen molar-refractivity contribution in [1.82, 2.24) is 0 Å². The first-order valence-electron chi connectivity index (χ1n) is 5.01. The Balaban J connectivity index is 2.01. The van der Waals surface area contributed by atoms with E-state index in [1.165, 1.54) is 30.4 Å². The van der Waals surface area contributed by atoms with E-state index < -0.39 is 0 Å². The number of hydrogen-bond acceptors (Lipinski definition) is 0. The van der Waals surface area contributed by atoms with Crippen molar-refractivity contribution in [3.8, 4) is 0 Å². The highest BCUT2D eigenvalue weighted by molar-refractivity contribution is 6.31. The van der Waals surface area contributed by atoms with Gasteiger partial charge in [-0.2, -0.15) is 0 Å². The smallest absolute Gasteiger partial charge is 0.0440 e. The van der Waals surface area contributed by atoms with Gasteiger partial charge in [0.25, 0.3) is 0 Å². The Morgan fingerprint density at radius 3 is 2.77 bits per heavy atom. The van der Waals surface area contributed by atoms with Gasteiger partial charge in [-0.05, 0) is 42.9 Å². The number of aryl methyl sites for hydroxylation is 2. The molecule has 1 aromatic rings. The molecular formula is C12H15Cl. The molecule has 1 aliphatic carbocycles. The van der Waals surface area contributed by atoms with Crippen molar-refractivity contribution in [2.24, 2.45) is 5.92 Å². The molecule has 0 heterocycles. The lowest BCUT2D eigenvalue weighted by molar-refractivity contribution is 0.727. The molecule has 0 amide bonds. The van der Waals surface area contributed by atoms with Gasteiger partial charge in [-0.1, -0.05) is 36.6 Å². The summed E-state index contributed by atoms with van der Waals surface area (Å²) in [4.78, 5) is 0. The summed E-state index contributed by atoms with van der Waals surface area (Å²) in [5.41, 5.74) is 2.57. The van der Waals surface area contributed by atoms with Gasteiger partial charge in [0.2, 0.25) is 0 Å². The summed E-state index contributed by atoms with van der Waals surface area (Å²) in [6, 6.07) is 6.37. The Morgan fingerprint density at radius 1 is 1.38 bits per heavy atom. The van der Waals surface area contributed by atoms with Crippen LogP contribution in [-0.2, 0) is 6.42 Å². The van der Waals surface area contributed by atoms with E-state index in [1.807, 2.05) is 0 Å². The molecule has 0 nitrogen and oxygen atoms in total. The predicted molar refractivity (Wildman–Crippen MR) is 57.2 cm³/mol. The molecule has 0 unspecified atom stereocenters. The van der Waals surface area contributed by atoms with Crippen molar-refractivity contribution in [2.45, 2.75) is 32.6 Å². The minimum atomic E-state index is 0.945. The van der Waals surface area contributed by atoms with E-state index in [0.29, 0.717) is 0 Å². The first-order valence-corrected chi connectivity index (χ1v) is 5.38. The van der Waals surface area contributed by atoms with E-state index >= 15 is 0 Å². The second-order valence-corrected chi connectivity index (χ2v) is 4.48. The van der Waals surface area contributed by atoms with E-state index in [4.69, 9.17) is 11.6 Å². The predicted octanol–water partition coefficient (Wildman–Crippen LogP) is 3.99. The lowest BCUT2D eigenvalue weighted by atomic mass is 10.1. The molecule has 70 valence electrons. The molecule has 1 fully saturated rings. The van der Waals surface area contributed by atoms with Gasteiger partial charge >= 0.3 is 0 Å². The number of hydrogen-bond donors (Lipinski definition) is 0. The average molecular weight is 195 g/mol. The SMILES string of the molecule is Cc1ccc(CCC2CC2)c(Cl)c1. The largest absolute Gasteiger partial charge is 0.0840 e. The lowest BCUT2D eigenvalue weighted by Crippen LogP contribution is -1.88. The molecule has 0 saturated heterocycles. The second kappa shape index (κ2) is 3.71. The van der Waals surface area contributed by atoms with Crippen molar-refractivity contribution in [1.29, 1.82) is 0 Å². The second-order valence-electron chi connectivity index (χ2n) is 4.08. The van der Waals surface area contributed by atoms with Crippen LogP contribution in [0.25, 0.3) is 0 Å². The first-order chi connectivity index (χ1) is 6.25. The Morgan fingerprint density at radius 2 is 2.15 bits per heavy atom. The van der Waals surface area contributed by atoms with Crippen LogP contribution in [0.1, 0.15) is 30.4 Å². The fourth-order valence-corrected chi connectivity index (χ4v) is 1.95. The van der Waals surface area contributed by atoms with Crippen LogP contribution in [0, 0.1) is 12.8 Å². The number of halogens is 1. The molecule has 0 spiro atoms. The molecule has 1 aromatic carbocycles. The van der Waals surface area contributed by atoms with Gasteiger partial charge in [-0.15, -0.1) is 0 Å². The summed E-state index contributed by atoms with van der Waals surface area (Å²) in [6.45, 7) is 2.08. The van der Waals surface area contributed by atoms with Crippen molar-refractivity contribution >= 4 is 11.6 Å². The first kappa shape index (κ1) is 9.08. The van der Waals surface area contributed by atoms with E-state index in [-0.39, 0.29) is 0 Å². The summed E-state index contributed by atoms with van der Waals surface area (Å²) in [5, 5.41) is 0.945. The Kier molecular flexibility index (Phi) is 2.59. The molecule has 0 atom stereocenters. The molecule has 0 N–H and O–H groups in total. The van der Waals surface area contributed by atoms with Crippen molar-refractivity contribution in [3.63, 3.8) is 0 Å². The molecule has 0 radical (unpaired) electrons. The summed E-state index contributed by atoms with van der Waals surface area (Å²) in [6.07, 6.45) is 5.35. The highest BCUT2D eigenvalue weighted by Gasteiger charge is 2.20. The quantitative estimate of drug-likeness (QED) is 0.683. The van der Waals surface area contributed by atoms with Gasteiger partial charge in [0.05, 0.1) is 0 Å². The molecular weight excluding hydrogens is 180 g/mol. The van der Waals surface area contributed by atoms with Gasteiger partial charge in [0, 0.05) is 5.02 Å². The molecule has 1 heteroatoms. The zero-order valence-electron chi connectivity index (χ0n) is 8.02. The minimum absolute atomic E-state index is 0.945. The third-order valence-corrected chi connectivity index (χ3v) is 3.08. The highest BCUT2D eigenvalue weighted by Crippen LogP contribution is 2.34. The Labute approximate surface area is 84.9 Å². The number of benzene rings is 1. The standard InChI is InChI=1S/C12H15Cl/c1-9-2-6-11(12(13)8-9)7-5-10-3-4-10/h2,6,8,10H,3-5,7H2,1H3. The zero-order chi connectivity index (χ0) is 9.26. The monoisotopic (exact) mass is 194 g/mol. The van der Waals surface area contributed by atoms with Crippen molar-refractivity contribution in [2.75, 3.05) is 0 Å². The molecule has 0 bridgehead atoms. The van der Waals surface area contributed by atoms with E-state index in [0.717, 1.165) is 17.4 Å². The third kappa shape index (κ3) is 2.47. The van der Waals surface area contributed by atoms with Crippen LogP contribution >= 0.6 is 11.6 Å². The Hall–Kier alpha value is -0.490. The van der Waals surface area contributed by atoms with Gasteiger partial charge in [0.15, 0.2) is 0 Å². The van der Waals surface area contributed by atoms with Crippen molar-refractivity contribution < 1.29 is 0 Å². The third-order valence-electron chi connectivity index (χ3n) is 2.73. The molecule has 2 rings (SSSR count). The molecule has 0 aromatic heterocycles. The minimum Gasteiger partial charge on any atom is -0.0840 e. The lowest BCUT2D eigenvalue weighted by Gasteiger charge is -2.04. The fraction of sp³-hybridized carbons (Fsp3) is 0.500. The van der Waals surface area contributed by atoms with E-state index in [2.05, 4.69) is 25.1 Å². The fourth-order valence-electron chi connectivity index (χ4n) is 1.62. The summed E-state index contributed by atoms with van der Waals surface area (Å²) in [7, 11) is 0. The topological polar surface area (TPSA) is 0 Å². The van der Waals surface area contributed by atoms with Gasteiger partial charge in [0.1, 0.15) is 0 Å². The Bertz CT molecular complexity index is 300. The van der Waals surface area contributed by atoms with E-state index in [9.17, 15) is 0 Å².